The van der Waals surface area contributed by atoms with Gasteiger partial charge in [0, 0.05) is 5.69 Å². The van der Waals surface area contributed by atoms with Gasteiger partial charge in [-0.15, -0.1) is 0 Å². The number of benzene rings is 1. The molecule has 1 aliphatic heterocycles. The lowest BCUT2D eigenvalue weighted by Crippen LogP contribution is -2.66. The van der Waals surface area contributed by atoms with E-state index in [2.05, 4.69) is 10.6 Å². The lowest BCUT2D eigenvalue weighted by molar-refractivity contribution is -0.142. The first kappa shape index (κ1) is 14.5. The van der Waals surface area contributed by atoms with E-state index in [1.165, 1.54) is 4.90 Å². The van der Waals surface area contributed by atoms with E-state index in [9.17, 15) is 14.4 Å². The number of urea groups is 1. The van der Waals surface area contributed by atoms with E-state index in [1.54, 1.807) is 38.1 Å². The number of imide groups is 1. The molecular formula is C14H14N4O3. The van der Waals surface area contributed by atoms with Crippen LogP contribution in [0.5, 0.6) is 0 Å². The van der Waals surface area contributed by atoms with Crippen molar-refractivity contribution < 1.29 is 14.4 Å². The van der Waals surface area contributed by atoms with Crippen molar-refractivity contribution in [3.05, 3.63) is 29.8 Å². The summed E-state index contributed by atoms with van der Waals surface area (Å²) >= 11 is 0. The number of carbonyl (C=O) groups excluding carboxylic acids is 3. The summed E-state index contributed by atoms with van der Waals surface area (Å²) in [4.78, 5) is 36.6. The highest BCUT2D eigenvalue weighted by molar-refractivity contribution is 6.07. The summed E-state index contributed by atoms with van der Waals surface area (Å²) in [6, 6.07) is 7.71. The van der Waals surface area contributed by atoms with Gasteiger partial charge in [-0.05, 0) is 38.1 Å². The standard InChI is InChI=1S/C14H14N4O3/c1-14(2)12(20)17-11(19)8-18(14)13(21)16-10-5-3-9(7-15)4-6-10/h3-6H,8H2,1-2H3,(H,16,21)(H,17,19,20). The van der Waals surface area contributed by atoms with E-state index >= 15 is 0 Å². The number of anilines is 1. The number of rotatable bonds is 1. The molecule has 1 aromatic carbocycles. The van der Waals surface area contributed by atoms with E-state index < -0.39 is 23.4 Å². The van der Waals surface area contributed by atoms with Gasteiger partial charge < -0.3 is 10.2 Å². The molecule has 1 aliphatic rings. The van der Waals surface area contributed by atoms with Gasteiger partial charge in [0.2, 0.25) is 5.91 Å². The summed E-state index contributed by atoms with van der Waals surface area (Å²) in [5.41, 5.74) is -0.168. The number of nitrogens with zero attached hydrogens (tertiary/aromatic N) is 2. The van der Waals surface area contributed by atoms with Crippen LogP contribution in [-0.2, 0) is 9.59 Å². The number of hydrogen-bond acceptors (Lipinski definition) is 4. The van der Waals surface area contributed by atoms with Gasteiger partial charge in [-0.1, -0.05) is 0 Å². The Morgan fingerprint density at radius 3 is 2.52 bits per heavy atom. The van der Waals surface area contributed by atoms with E-state index in [0.29, 0.717) is 11.3 Å². The van der Waals surface area contributed by atoms with Gasteiger partial charge in [-0.25, -0.2) is 4.79 Å². The van der Waals surface area contributed by atoms with Gasteiger partial charge in [0.15, 0.2) is 0 Å². The van der Waals surface area contributed by atoms with Crippen LogP contribution in [0.3, 0.4) is 0 Å². The molecule has 0 saturated carbocycles. The molecule has 4 amide bonds. The molecule has 0 unspecified atom stereocenters. The van der Waals surface area contributed by atoms with Crippen LogP contribution in [0.25, 0.3) is 0 Å². The Morgan fingerprint density at radius 1 is 1.33 bits per heavy atom. The Labute approximate surface area is 121 Å². The highest BCUT2D eigenvalue weighted by Gasteiger charge is 2.43. The molecule has 1 fully saturated rings. The lowest BCUT2D eigenvalue weighted by Gasteiger charge is -2.39. The molecule has 1 heterocycles. The minimum Gasteiger partial charge on any atom is -0.308 e. The largest absolute Gasteiger partial charge is 0.323 e. The number of amides is 4. The van der Waals surface area contributed by atoms with Crippen LogP contribution < -0.4 is 10.6 Å². The summed E-state index contributed by atoms with van der Waals surface area (Å²) in [6.07, 6.45) is 0. The van der Waals surface area contributed by atoms with Crippen molar-refractivity contribution in [1.29, 1.82) is 5.26 Å². The quantitative estimate of drug-likeness (QED) is 0.746. The summed E-state index contributed by atoms with van der Waals surface area (Å²) in [5, 5.41) is 13.5. The molecule has 0 radical (unpaired) electrons. The monoisotopic (exact) mass is 286 g/mol. The van der Waals surface area contributed by atoms with Crippen molar-refractivity contribution in [2.45, 2.75) is 19.4 Å². The fourth-order valence-electron chi connectivity index (χ4n) is 1.93. The van der Waals surface area contributed by atoms with Crippen LogP contribution in [0, 0.1) is 11.3 Å². The first-order valence-corrected chi connectivity index (χ1v) is 6.27. The molecule has 7 heteroatoms. The maximum Gasteiger partial charge on any atom is 0.323 e. The summed E-state index contributed by atoms with van der Waals surface area (Å²) in [5.74, 6) is -1.04. The van der Waals surface area contributed by atoms with Crippen LogP contribution in [0.1, 0.15) is 19.4 Å². The Hall–Kier alpha value is -2.88. The topological polar surface area (TPSA) is 102 Å². The second-order valence-electron chi connectivity index (χ2n) is 5.14. The zero-order valence-corrected chi connectivity index (χ0v) is 11.6. The molecule has 21 heavy (non-hydrogen) atoms. The Morgan fingerprint density at radius 2 is 1.95 bits per heavy atom. The van der Waals surface area contributed by atoms with Crippen LogP contribution in [-0.4, -0.2) is 34.8 Å². The van der Waals surface area contributed by atoms with Gasteiger partial charge in [0.1, 0.15) is 12.1 Å². The highest BCUT2D eigenvalue weighted by Crippen LogP contribution is 2.20. The van der Waals surface area contributed by atoms with Gasteiger partial charge in [-0.2, -0.15) is 5.26 Å². The maximum absolute atomic E-state index is 12.2. The SMILES string of the molecule is CC1(C)C(=O)NC(=O)CN1C(=O)Nc1ccc(C#N)cc1. The van der Waals surface area contributed by atoms with Crippen molar-refractivity contribution in [3.8, 4) is 6.07 Å². The molecule has 1 saturated heterocycles. The molecule has 0 bridgehead atoms. The lowest BCUT2D eigenvalue weighted by atomic mass is 9.99. The molecule has 7 nitrogen and oxygen atoms in total. The maximum atomic E-state index is 12.2. The average molecular weight is 286 g/mol. The smallest absolute Gasteiger partial charge is 0.308 e. The van der Waals surface area contributed by atoms with Crippen LogP contribution in [0.15, 0.2) is 24.3 Å². The average Bonchev–Trinajstić information content (AvgIpc) is 2.44. The third-order valence-corrected chi connectivity index (χ3v) is 3.30. The first-order valence-electron chi connectivity index (χ1n) is 6.27. The third kappa shape index (κ3) is 2.84. The molecule has 1 aromatic rings. The molecule has 2 rings (SSSR count). The predicted octanol–water partition coefficient (Wildman–Crippen LogP) is 0.827. The van der Waals surface area contributed by atoms with E-state index in [1.807, 2.05) is 6.07 Å². The number of nitrogens with one attached hydrogen (secondary N) is 2. The fourth-order valence-corrected chi connectivity index (χ4v) is 1.93. The van der Waals surface area contributed by atoms with Crippen LogP contribution >= 0.6 is 0 Å². The highest BCUT2D eigenvalue weighted by atomic mass is 16.2. The van der Waals surface area contributed by atoms with Crippen molar-refractivity contribution in [2.75, 3.05) is 11.9 Å². The first-order chi connectivity index (χ1) is 9.84. The minimum atomic E-state index is -1.12. The van der Waals surface area contributed by atoms with Crippen molar-refractivity contribution in [3.63, 3.8) is 0 Å². The third-order valence-electron chi connectivity index (χ3n) is 3.30. The minimum absolute atomic E-state index is 0.194. The van der Waals surface area contributed by atoms with Gasteiger partial charge in [0.25, 0.3) is 5.91 Å². The van der Waals surface area contributed by atoms with Gasteiger partial charge in [0.05, 0.1) is 11.6 Å². The fraction of sp³-hybridized carbons (Fsp3) is 0.286. The zero-order valence-electron chi connectivity index (χ0n) is 11.6. The predicted molar refractivity (Wildman–Crippen MR) is 74.1 cm³/mol. The van der Waals surface area contributed by atoms with Crippen molar-refractivity contribution in [2.24, 2.45) is 0 Å². The summed E-state index contributed by atoms with van der Waals surface area (Å²) in [7, 11) is 0. The molecule has 2 N–H and O–H groups in total. The van der Waals surface area contributed by atoms with E-state index in [4.69, 9.17) is 5.26 Å². The molecular weight excluding hydrogens is 272 g/mol. The molecule has 0 spiro atoms. The summed E-state index contributed by atoms with van der Waals surface area (Å²) in [6.45, 7) is 2.93. The Bertz CT molecular complexity index is 643. The van der Waals surface area contributed by atoms with Crippen molar-refractivity contribution >= 4 is 23.5 Å². The Kier molecular flexibility index (Phi) is 3.63. The summed E-state index contributed by atoms with van der Waals surface area (Å²) < 4.78 is 0. The molecule has 108 valence electrons. The number of carbonyl (C=O) groups is 3. The van der Waals surface area contributed by atoms with E-state index in [-0.39, 0.29) is 6.54 Å². The molecule has 0 aliphatic carbocycles. The zero-order chi connectivity index (χ0) is 15.6. The second-order valence-corrected chi connectivity index (χ2v) is 5.14. The molecule has 0 atom stereocenters. The number of hydrogen-bond donors (Lipinski definition) is 2. The normalized spacial score (nSPS) is 16.9. The Balaban J connectivity index is 2.16. The van der Waals surface area contributed by atoms with Gasteiger partial charge in [-0.3, -0.25) is 14.9 Å². The van der Waals surface area contributed by atoms with Crippen LogP contribution in [0.4, 0.5) is 10.5 Å². The van der Waals surface area contributed by atoms with E-state index in [0.717, 1.165) is 0 Å². The number of piperazine rings is 1. The number of nitriles is 1. The van der Waals surface area contributed by atoms with Crippen molar-refractivity contribution in [1.82, 2.24) is 10.2 Å². The molecule has 0 aromatic heterocycles. The second kappa shape index (κ2) is 5.25. The van der Waals surface area contributed by atoms with Gasteiger partial charge >= 0.3 is 6.03 Å². The van der Waals surface area contributed by atoms with Crippen LogP contribution in [0.2, 0.25) is 0 Å².